The summed E-state index contributed by atoms with van der Waals surface area (Å²) in [7, 11) is -0.894. The van der Waals surface area contributed by atoms with Crippen molar-refractivity contribution in [2.24, 2.45) is 70.4 Å². The first-order valence-corrected chi connectivity index (χ1v) is 30.3. The maximum Gasteiger partial charge on any atom is 0.323 e. The van der Waals surface area contributed by atoms with E-state index in [9.17, 15) is 18.5 Å². The molecule has 0 bridgehead atoms. The summed E-state index contributed by atoms with van der Waals surface area (Å²) in [6.45, 7) is 3.36. The monoisotopic (exact) mass is 1290 g/mol. The Morgan fingerprint density at radius 2 is 0.733 bits per heavy atom. The fourth-order valence-corrected chi connectivity index (χ4v) is 11.6. The van der Waals surface area contributed by atoms with Crippen LogP contribution in [0.5, 0.6) is 34.5 Å². The first-order valence-electron chi connectivity index (χ1n) is 46.8. The van der Waals surface area contributed by atoms with Crippen LogP contribution in [0.1, 0.15) is 218 Å². The summed E-state index contributed by atoms with van der Waals surface area (Å²) in [5.74, 6) is -17.2. The number of carbonyl (C=O) groups excluding carboxylic acids is 3. The maximum atomic E-state index is 13.0. The number of hydrogen-bond donors (Lipinski definition) is 3. The molecule has 0 aliphatic carbocycles. The van der Waals surface area contributed by atoms with E-state index < -0.39 is 198 Å². The van der Waals surface area contributed by atoms with Gasteiger partial charge < -0.3 is 59.8 Å². The Morgan fingerprint density at radius 1 is 0.478 bits per heavy atom. The average Bonchev–Trinajstić information content (AvgIpc) is 0.714. The van der Waals surface area contributed by atoms with Gasteiger partial charge in [0, 0.05) is 119 Å². The molecule has 6 aliphatic heterocycles. The molecule has 3 saturated heterocycles. The fraction of sp³-hybridized carbons (Fsp3) is 0.708. The molecule has 18 heteroatoms. The second kappa shape index (κ2) is 32.5. The Balaban J connectivity index is 0.000000254. The Bertz CT molecular complexity index is 4190. The average molecular weight is 1290 g/mol. The predicted molar refractivity (Wildman–Crippen MR) is 353 cm³/mol. The molecule has 18 nitrogen and oxygen atoms in total. The number of esters is 3. The predicted octanol–water partition coefficient (Wildman–Crippen LogP) is 10.7. The third kappa shape index (κ3) is 17.5. The van der Waals surface area contributed by atoms with Crippen molar-refractivity contribution in [3.63, 3.8) is 0 Å². The van der Waals surface area contributed by atoms with Gasteiger partial charge >= 0.3 is 17.9 Å². The third-order valence-corrected chi connectivity index (χ3v) is 16.7. The van der Waals surface area contributed by atoms with Gasteiger partial charge in [0.2, 0.25) is 0 Å². The molecule has 6 N–H and O–H groups in total. The van der Waals surface area contributed by atoms with Crippen LogP contribution in [-0.4, -0.2) is 151 Å². The molecule has 15 atom stereocenters. The molecule has 3 fully saturated rings. The first kappa shape index (κ1) is 38.7. The molecule has 6 aliphatic rings. The lowest BCUT2D eigenvalue weighted by molar-refractivity contribution is -0.161. The molecular weight excluding hydrogens is 1140 g/mol. The van der Waals surface area contributed by atoms with E-state index in [1.54, 1.807) is 46.4 Å². The van der Waals surface area contributed by atoms with Crippen LogP contribution in [0.15, 0.2) is 36.3 Å². The molecule has 0 radical (unpaired) electrons. The van der Waals surface area contributed by atoms with Gasteiger partial charge in [0.15, 0.2) is 34.5 Å². The largest absolute Gasteiger partial charge is 0.493 e. The molecule has 0 spiro atoms. The number of nitrogens with zero attached hydrogens (tertiary/aromatic N) is 3. The zero-order valence-corrected chi connectivity index (χ0v) is 53.9. The summed E-state index contributed by atoms with van der Waals surface area (Å²) in [5.41, 5.74) is 18.8. The number of methoxy groups -OCH3 is 6. The van der Waals surface area contributed by atoms with Gasteiger partial charge in [-0.15, -0.1) is 0 Å². The number of rotatable bonds is 21. The number of fused-ring (bicyclic) bond motifs is 9. The highest BCUT2D eigenvalue weighted by Crippen LogP contribution is 2.48. The molecule has 0 aromatic heterocycles. The number of ether oxygens (including phenoxy) is 9. The van der Waals surface area contributed by atoms with E-state index in [1.807, 2.05) is 0 Å². The summed E-state index contributed by atoms with van der Waals surface area (Å²) < 4.78 is 324. The van der Waals surface area contributed by atoms with Gasteiger partial charge in [0.05, 0.1) is 63.1 Å². The third-order valence-electron chi connectivity index (χ3n) is 16.7. The molecule has 9 rings (SSSR count). The Morgan fingerprint density at radius 3 is 0.967 bits per heavy atom. The quantitative estimate of drug-likeness (QED) is 0.0666. The van der Waals surface area contributed by atoms with Crippen molar-refractivity contribution in [2.45, 2.75) is 195 Å². The minimum atomic E-state index is -3.05. The van der Waals surface area contributed by atoms with E-state index in [2.05, 4.69) is 0 Å². The number of piperidine rings is 3. The highest BCUT2D eigenvalue weighted by atomic mass is 16.6. The highest BCUT2D eigenvalue weighted by Gasteiger charge is 2.45. The minimum absolute atomic E-state index is 0.0221. The smallest absolute Gasteiger partial charge is 0.323 e. The van der Waals surface area contributed by atoms with Gasteiger partial charge in [0.1, 0.15) is 36.4 Å². The molecule has 0 saturated carbocycles. The van der Waals surface area contributed by atoms with Crippen molar-refractivity contribution in [3.05, 3.63) is 69.6 Å². The number of benzene rings is 3. The molecule has 12 unspecified atom stereocenters. The summed E-state index contributed by atoms with van der Waals surface area (Å²) in [4.78, 5) is 43.6. The lowest BCUT2D eigenvalue weighted by atomic mass is 9.79. The normalized spacial score (nSPS) is 35.8. The number of carbonyl (C=O) groups is 3. The zero-order valence-electron chi connectivity index (χ0n) is 86.9. The fourth-order valence-electron chi connectivity index (χ4n) is 11.6. The SMILES string of the molecule is [2H]c1c2c(c([2H])c(OC)c1OC([2H])([2H])[2H])C1([2H])CC(OC(=O)[C@@H](N)C(C)C)C(C([2H])([2H])C([2H])(C)C([2H])([2H])[2H])CN1CC2.[2H]c1c2c(c([2H])c(OC)c1OC([2H])([2H])[2H])C1([2H])CC(OC(=O)[C@@H](N)C(C)C)C(C([2H])([2H])C([2H])(C)C([2H])([2H])[2H])CN1CC2.[2H]c1c2c(c([2H])c(OC)c1OC)C1([2H])CC(OC(=O)[C@@H](N)C(C)C)C(C([2H])([2H])C([2H])(C)C([2H])([2H])[2H])CN1CC2. The van der Waals surface area contributed by atoms with Crippen LogP contribution in [0.3, 0.4) is 0 Å². The summed E-state index contributed by atoms with van der Waals surface area (Å²) >= 11 is 0. The van der Waals surface area contributed by atoms with E-state index >= 15 is 0 Å². The van der Waals surface area contributed by atoms with E-state index in [-0.39, 0.29) is 158 Å². The Hall–Kier alpha value is -5.37. The Kier molecular flexibility index (Phi) is 14.0. The molecule has 90 heavy (non-hydrogen) atoms. The lowest BCUT2D eigenvalue weighted by Gasteiger charge is -2.47. The van der Waals surface area contributed by atoms with E-state index in [1.165, 1.54) is 24.0 Å². The first-order chi connectivity index (χ1) is 55.6. The van der Waals surface area contributed by atoms with E-state index in [0.717, 1.165) is 35.0 Å². The van der Waals surface area contributed by atoms with Crippen LogP contribution < -0.4 is 45.6 Å². The van der Waals surface area contributed by atoms with Gasteiger partial charge in [-0.1, -0.05) is 82.9 Å². The second-order valence-electron chi connectivity index (χ2n) is 24.2. The van der Waals surface area contributed by atoms with Crippen LogP contribution in [-0.2, 0) is 47.9 Å². The number of hydrogen-bond acceptors (Lipinski definition) is 18. The van der Waals surface area contributed by atoms with Crippen LogP contribution >= 0.6 is 0 Å². The van der Waals surface area contributed by atoms with E-state index in [4.69, 9.17) is 101 Å². The topological polar surface area (TPSA) is 222 Å². The van der Waals surface area contributed by atoms with Crippen LogP contribution in [0.25, 0.3) is 0 Å². The standard InChI is InChI=1S/3C24H38N2O4/c3*1-14(2)9-17-13-26-8-7-16-10-21(28-5)22(29-6)11-18(16)19(26)12-20(17)30-24(27)23(25)15(3)4/h3*10-11,14-15,17,19-20,23H,7-9,12-13,25H2,1-6H3/t3*17?,19?,20?,23-/m000/s1/i2*1D3,5D3,9D2,10D,11D,14D,19D;1D3,9D2,10D,11D,14D,19D/t3*14?,17?,19?,20?,23-. The van der Waals surface area contributed by atoms with Crippen molar-refractivity contribution in [1.29, 1.82) is 0 Å². The molecule has 3 aromatic carbocycles. The molecule has 6 heterocycles. The maximum absolute atomic E-state index is 13.0. The van der Waals surface area contributed by atoms with Gasteiger partial charge in [-0.05, 0) is 143 Å². The van der Waals surface area contributed by atoms with Gasteiger partial charge in [-0.25, -0.2) is 0 Å². The van der Waals surface area contributed by atoms with Gasteiger partial charge in [-0.3, -0.25) is 29.1 Å². The molecule has 3 aromatic rings. The molecule has 504 valence electrons. The molecule has 0 amide bonds. The zero-order chi connectivity index (χ0) is 94.6. The van der Waals surface area contributed by atoms with Gasteiger partial charge in [-0.2, -0.15) is 0 Å². The number of nitrogens with two attached hydrogens (primary N) is 3. The van der Waals surface area contributed by atoms with Crippen molar-refractivity contribution in [3.8, 4) is 34.5 Å². The lowest BCUT2D eigenvalue weighted by Crippen LogP contribution is -2.51. The van der Waals surface area contributed by atoms with Crippen LogP contribution in [0.2, 0.25) is 0 Å². The van der Waals surface area contributed by atoms with Crippen LogP contribution in [0, 0.1) is 53.2 Å². The van der Waals surface area contributed by atoms with E-state index in [0.29, 0.717) is 5.56 Å². The molecular formula is C72H114N6O12. The highest BCUT2D eigenvalue weighted by molar-refractivity contribution is 5.77. The minimum Gasteiger partial charge on any atom is -0.493 e. The summed E-state index contributed by atoms with van der Waals surface area (Å²) in [6.07, 6.45) is -13.3. The second-order valence-corrected chi connectivity index (χ2v) is 24.2. The van der Waals surface area contributed by atoms with Crippen LogP contribution in [0.4, 0.5) is 0 Å². The van der Waals surface area contributed by atoms with Crippen molar-refractivity contribution < 1.29 is 102 Å². The Labute approximate surface area is 585 Å². The summed E-state index contributed by atoms with van der Waals surface area (Å²) in [6, 6.07) is -10.6. The van der Waals surface area contributed by atoms with Crippen molar-refractivity contribution in [1.82, 2.24) is 14.7 Å². The van der Waals surface area contributed by atoms with Crippen molar-refractivity contribution >= 4 is 17.9 Å². The van der Waals surface area contributed by atoms with Crippen molar-refractivity contribution in [2.75, 3.05) is 81.8 Å². The van der Waals surface area contributed by atoms with Gasteiger partial charge in [0.25, 0.3) is 0 Å². The summed E-state index contributed by atoms with van der Waals surface area (Å²) in [5, 5.41) is 0.